The predicted molar refractivity (Wildman–Crippen MR) is 84.9 cm³/mol. The van der Waals surface area contributed by atoms with E-state index in [4.69, 9.17) is 0 Å². The lowest BCUT2D eigenvalue weighted by Gasteiger charge is -2.35. The van der Waals surface area contributed by atoms with Gasteiger partial charge in [0.25, 0.3) is 9.12 Å². The minimum Gasteiger partial charge on any atom is -0.339 e. The number of hydrogen-bond donors (Lipinski definition) is 2. The van der Waals surface area contributed by atoms with Crippen LogP contribution in [0.1, 0.15) is 34.6 Å². The van der Waals surface area contributed by atoms with E-state index in [9.17, 15) is 9.59 Å². The summed E-state index contributed by atoms with van der Waals surface area (Å²) in [5, 5.41) is 5.63. The third-order valence-electron chi connectivity index (χ3n) is 2.86. The van der Waals surface area contributed by atoms with Gasteiger partial charge in [-0.3, -0.25) is 0 Å². The SMILES string of the molecule is CC=C[SiH](N(CC)C(=O)NCC)N(CC)C(=O)NCC. The smallest absolute Gasteiger partial charge is 0.310 e. The number of urea groups is 2. The molecule has 0 aromatic carbocycles. The zero-order valence-corrected chi connectivity index (χ0v) is 14.4. The first-order chi connectivity index (χ1) is 9.56. The van der Waals surface area contributed by atoms with Crippen molar-refractivity contribution in [3.8, 4) is 0 Å². The number of carbonyl (C=O) groups is 2. The number of allylic oxidation sites excluding steroid dienone is 1. The average molecular weight is 300 g/mol. The van der Waals surface area contributed by atoms with Crippen LogP contribution < -0.4 is 10.6 Å². The maximum absolute atomic E-state index is 12.1. The summed E-state index contributed by atoms with van der Waals surface area (Å²) in [4.78, 5) is 24.3. The molecule has 0 fully saturated rings. The van der Waals surface area contributed by atoms with Crippen LogP contribution in [0.25, 0.3) is 0 Å². The molecule has 2 N–H and O–H groups in total. The molecular formula is C13H28N4O2Si. The van der Waals surface area contributed by atoms with Gasteiger partial charge in [0, 0.05) is 26.2 Å². The predicted octanol–water partition coefficient (Wildman–Crippen LogP) is 1.42. The lowest BCUT2D eigenvalue weighted by Crippen LogP contribution is -2.60. The molecule has 0 aliphatic heterocycles. The first-order valence-electron chi connectivity index (χ1n) is 7.28. The van der Waals surface area contributed by atoms with E-state index < -0.39 is 9.12 Å². The Bertz CT molecular complexity index is 310. The summed E-state index contributed by atoms with van der Waals surface area (Å²) in [6, 6.07) is -0.208. The van der Waals surface area contributed by atoms with Gasteiger partial charge in [-0.1, -0.05) is 11.8 Å². The van der Waals surface area contributed by atoms with Gasteiger partial charge in [0.1, 0.15) is 0 Å². The fourth-order valence-electron chi connectivity index (χ4n) is 1.96. The molecule has 0 atom stereocenters. The summed E-state index contributed by atoms with van der Waals surface area (Å²) in [5.74, 6) is 0. The van der Waals surface area contributed by atoms with E-state index in [2.05, 4.69) is 10.6 Å². The van der Waals surface area contributed by atoms with Crippen LogP contribution in [-0.4, -0.2) is 56.5 Å². The van der Waals surface area contributed by atoms with Crippen LogP contribution in [0.2, 0.25) is 0 Å². The molecule has 6 nitrogen and oxygen atoms in total. The molecule has 0 saturated carbocycles. The molecule has 7 heteroatoms. The molecule has 0 aromatic rings. The Labute approximate surface area is 124 Å². The summed E-state index contributed by atoms with van der Waals surface area (Å²) in [6.07, 6.45) is 1.92. The van der Waals surface area contributed by atoms with E-state index in [-0.39, 0.29) is 12.1 Å². The van der Waals surface area contributed by atoms with Crippen LogP contribution in [0.5, 0.6) is 0 Å². The number of amides is 4. The highest BCUT2D eigenvalue weighted by Gasteiger charge is 2.30. The first-order valence-corrected chi connectivity index (χ1v) is 8.98. The van der Waals surface area contributed by atoms with E-state index in [1.165, 1.54) is 0 Å². The van der Waals surface area contributed by atoms with Gasteiger partial charge in [-0.05, 0) is 34.6 Å². The molecule has 0 aliphatic rings. The minimum absolute atomic E-state index is 0.104. The fraction of sp³-hybridized carbons (Fsp3) is 0.692. The average Bonchev–Trinajstić information content (AvgIpc) is 2.41. The Morgan fingerprint density at radius 2 is 1.35 bits per heavy atom. The largest absolute Gasteiger partial charge is 0.339 e. The topological polar surface area (TPSA) is 64.7 Å². The molecule has 0 bridgehead atoms. The van der Waals surface area contributed by atoms with Crippen LogP contribution >= 0.6 is 0 Å². The molecule has 0 saturated heterocycles. The van der Waals surface area contributed by atoms with E-state index in [0.29, 0.717) is 26.2 Å². The molecule has 0 heterocycles. The number of rotatable bonds is 7. The third-order valence-corrected chi connectivity index (χ3v) is 6.07. The molecule has 116 valence electrons. The molecule has 0 aromatic heterocycles. The van der Waals surface area contributed by atoms with Crippen molar-refractivity contribution in [3.05, 3.63) is 11.8 Å². The van der Waals surface area contributed by atoms with Crippen LogP contribution in [-0.2, 0) is 0 Å². The Morgan fingerprint density at radius 1 is 0.950 bits per heavy atom. The highest BCUT2D eigenvalue weighted by molar-refractivity contribution is 6.63. The number of nitrogens with zero attached hydrogens (tertiary/aromatic N) is 2. The standard InChI is InChI=1S/C13H28N4O2Si/c1-6-11-20(16(9-4)12(18)14-7-2)17(10-5)13(19)15-8-3/h6,11,20H,7-10H2,1-5H3,(H,14,18)(H,15,19). The van der Waals surface area contributed by atoms with E-state index in [0.717, 1.165) is 0 Å². The molecule has 0 unspecified atom stereocenters. The van der Waals surface area contributed by atoms with Crippen molar-refractivity contribution in [3.63, 3.8) is 0 Å². The lowest BCUT2D eigenvalue weighted by atomic mass is 10.7. The van der Waals surface area contributed by atoms with Gasteiger partial charge in [-0.25, -0.2) is 9.59 Å². The maximum Gasteiger partial charge on any atom is 0.310 e. The van der Waals surface area contributed by atoms with Gasteiger partial charge < -0.3 is 19.8 Å². The van der Waals surface area contributed by atoms with Crippen molar-refractivity contribution in [1.82, 2.24) is 19.8 Å². The zero-order valence-electron chi connectivity index (χ0n) is 13.3. The molecular weight excluding hydrogens is 272 g/mol. The van der Waals surface area contributed by atoms with Crippen molar-refractivity contribution in [2.24, 2.45) is 0 Å². The van der Waals surface area contributed by atoms with Crippen LogP contribution in [0.15, 0.2) is 11.8 Å². The second-order valence-corrected chi connectivity index (χ2v) is 6.64. The number of nitrogens with one attached hydrogen (secondary N) is 2. The first kappa shape index (κ1) is 18.5. The van der Waals surface area contributed by atoms with Crippen LogP contribution in [0.3, 0.4) is 0 Å². The molecule has 0 radical (unpaired) electrons. The molecule has 0 aliphatic carbocycles. The lowest BCUT2D eigenvalue weighted by molar-refractivity contribution is 0.213. The summed E-state index contributed by atoms with van der Waals surface area (Å²) in [7, 11) is -1.98. The normalized spacial score (nSPS) is 10.7. The summed E-state index contributed by atoms with van der Waals surface area (Å²) >= 11 is 0. The summed E-state index contributed by atoms with van der Waals surface area (Å²) < 4.78 is 3.56. The quantitative estimate of drug-likeness (QED) is 0.699. The number of hydrogen-bond acceptors (Lipinski definition) is 2. The van der Waals surface area contributed by atoms with Crippen molar-refractivity contribution < 1.29 is 9.59 Å². The minimum atomic E-state index is -1.98. The Morgan fingerprint density at radius 3 is 1.60 bits per heavy atom. The molecule has 0 spiro atoms. The monoisotopic (exact) mass is 300 g/mol. The second-order valence-electron chi connectivity index (χ2n) is 4.18. The Hall–Kier alpha value is -1.50. The van der Waals surface area contributed by atoms with E-state index in [1.54, 1.807) is 9.13 Å². The molecule has 20 heavy (non-hydrogen) atoms. The zero-order chi connectivity index (χ0) is 15.5. The molecule has 4 amide bonds. The molecule has 0 rings (SSSR count). The van der Waals surface area contributed by atoms with Crippen molar-refractivity contribution >= 4 is 21.2 Å². The third kappa shape index (κ3) is 5.24. The van der Waals surface area contributed by atoms with Gasteiger partial charge in [0.15, 0.2) is 0 Å². The van der Waals surface area contributed by atoms with E-state index in [1.807, 2.05) is 46.4 Å². The van der Waals surface area contributed by atoms with Gasteiger partial charge in [0.05, 0.1) is 0 Å². The second kappa shape index (κ2) is 10.3. The van der Waals surface area contributed by atoms with Crippen LogP contribution in [0, 0.1) is 0 Å². The van der Waals surface area contributed by atoms with Crippen molar-refractivity contribution in [1.29, 1.82) is 0 Å². The van der Waals surface area contributed by atoms with Gasteiger partial charge >= 0.3 is 12.1 Å². The fourth-order valence-corrected chi connectivity index (χ4v) is 4.46. The van der Waals surface area contributed by atoms with Crippen LogP contribution in [0.4, 0.5) is 9.59 Å². The maximum atomic E-state index is 12.1. The highest BCUT2D eigenvalue weighted by Crippen LogP contribution is 2.05. The highest BCUT2D eigenvalue weighted by atomic mass is 28.3. The Balaban J connectivity index is 5.24. The van der Waals surface area contributed by atoms with Crippen molar-refractivity contribution in [2.75, 3.05) is 26.2 Å². The summed E-state index contributed by atoms with van der Waals surface area (Å²) in [5.41, 5.74) is 2.00. The number of carbonyl (C=O) groups excluding carboxylic acids is 2. The van der Waals surface area contributed by atoms with Gasteiger partial charge in [0.2, 0.25) is 0 Å². The van der Waals surface area contributed by atoms with Gasteiger partial charge in [-0.2, -0.15) is 0 Å². The summed E-state index contributed by atoms with van der Waals surface area (Å²) in [6.45, 7) is 11.9. The Kier molecular flexibility index (Phi) is 9.53. The van der Waals surface area contributed by atoms with Gasteiger partial charge in [-0.15, -0.1) is 0 Å². The van der Waals surface area contributed by atoms with Crippen molar-refractivity contribution in [2.45, 2.75) is 34.6 Å². The van der Waals surface area contributed by atoms with E-state index >= 15 is 0 Å².